The van der Waals surface area contributed by atoms with Gasteiger partial charge < -0.3 is 4.74 Å². The number of nitrogens with zero attached hydrogens (tertiary/aromatic N) is 1. The van der Waals surface area contributed by atoms with Gasteiger partial charge in [0.2, 0.25) is 0 Å². The number of hydrogen-bond donors (Lipinski definition) is 0. The van der Waals surface area contributed by atoms with E-state index in [-0.39, 0.29) is 17.7 Å². The van der Waals surface area contributed by atoms with Crippen molar-refractivity contribution in [3.8, 4) is 0 Å². The van der Waals surface area contributed by atoms with Gasteiger partial charge >= 0.3 is 6.09 Å². The molecule has 5 heteroatoms. The molecule has 0 spiro atoms. The van der Waals surface area contributed by atoms with Crippen LogP contribution in [0.5, 0.6) is 0 Å². The Balaban J connectivity index is 0.000000771. The molecule has 0 bridgehead atoms. The SMILES string of the molecule is CC.CCOC(=O)N1C(=O)c2ccccc2C1=O. The second-order valence-electron chi connectivity index (χ2n) is 3.19. The Labute approximate surface area is 105 Å². The lowest BCUT2D eigenvalue weighted by Gasteiger charge is -2.10. The fourth-order valence-corrected chi connectivity index (χ4v) is 1.54. The smallest absolute Gasteiger partial charge is 0.424 e. The third-order valence-corrected chi connectivity index (χ3v) is 2.24. The summed E-state index contributed by atoms with van der Waals surface area (Å²) in [6.45, 7) is 5.72. The lowest BCUT2D eigenvalue weighted by molar-refractivity contribution is 0.0596. The van der Waals surface area contributed by atoms with Crippen molar-refractivity contribution >= 4 is 17.9 Å². The van der Waals surface area contributed by atoms with Crippen LogP contribution in [0.1, 0.15) is 41.5 Å². The van der Waals surface area contributed by atoms with Gasteiger partial charge in [-0.2, -0.15) is 4.90 Å². The van der Waals surface area contributed by atoms with E-state index in [2.05, 4.69) is 4.74 Å². The summed E-state index contributed by atoms with van der Waals surface area (Å²) in [6, 6.07) is 6.29. The van der Waals surface area contributed by atoms with Crippen LogP contribution in [0.4, 0.5) is 4.79 Å². The van der Waals surface area contributed by atoms with E-state index in [9.17, 15) is 14.4 Å². The molecular weight excluding hydrogens is 234 g/mol. The molecular formula is C13H15NO4. The van der Waals surface area contributed by atoms with Crippen LogP contribution >= 0.6 is 0 Å². The third kappa shape index (κ3) is 2.25. The van der Waals surface area contributed by atoms with Crippen LogP contribution < -0.4 is 0 Å². The first-order valence-electron chi connectivity index (χ1n) is 5.81. The molecule has 18 heavy (non-hydrogen) atoms. The van der Waals surface area contributed by atoms with Crippen LogP contribution in [0, 0.1) is 0 Å². The summed E-state index contributed by atoms with van der Waals surface area (Å²) in [7, 11) is 0. The fraction of sp³-hybridized carbons (Fsp3) is 0.308. The van der Waals surface area contributed by atoms with Gasteiger partial charge in [0.05, 0.1) is 17.7 Å². The summed E-state index contributed by atoms with van der Waals surface area (Å²) in [4.78, 5) is 35.4. The average Bonchev–Trinajstić information content (AvgIpc) is 2.65. The van der Waals surface area contributed by atoms with Crippen molar-refractivity contribution in [3.05, 3.63) is 35.4 Å². The summed E-state index contributed by atoms with van der Waals surface area (Å²) >= 11 is 0. The lowest BCUT2D eigenvalue weighted by Crippen LogP contribution is -2.36. The predicted molar refractivity (Wildman–Crippen MR) is 65.3 cm³/mol. The summed E-state index contributed by atoms with van der Waals surface area (Å²) < 4.78 is 4.64. The van der Waals surface area contributed by atoms with Gasteiger partial charge in [-0.15, -0.1) is 0 Å². The van der Waals surface area contributed by atoms with E-state index in [0.717, 1.165) is 0 Å². The Morgan fingerprint density at radius 1 is 1.11 bits per heavy atom. The molecule has 3 amide bonds. The standard InChI is InChI=1S/C11H9NO4.C2H6/c1-2-16-11(15)12-9(13)7-5-3-4-6-8(7)10(12)14;1-2/h3-6H,2H2,1H3;1-2H3. The molecule has 1 aliphatic rings. The minimum atomic E-state index is -0.922. The molecule has 5 nitrogen and oxygen atoms in total. The van der Waals surface area contributed by atoms with E-state index >= 15 is 0 Å². The number of benzene rings is 1. The highest BCUT2D eigenvalue weighted by Gasteiger charge is 2.40. The number of carbonyl (C=O) groups is 3. The van der Waals surface area contributed by atoms with Gasteiger partial charge in [-0.1, -0.05) is 26.0 Å². The molecule has 0 fully saturated rings. The Morgan fingerprint density at radius 2 is 1.56 bits per heavy atom. The molecule has 0 N–H and O–H groups in total. The number of hydrogen-bond acceptors (Lipinski definition) is 4. The number of fused-ring (bicyclic) bond motifs is 1. The van der Waals surface area contributed by atoms with E-state index in [0.29, 0.717) is 4.90 Å². The fourth-order valence-electron chi connectivity index (χ4n) is 1.54. The number of ether oxygens (including phenoxy) is 1. The molecule has 0 saturated carbocycles. The van der Waals surface area contributed by atoms with Crippen molar-refractivity contribution < 1.29 is 19.1 Å². The topological polar surface area (TPSA) is 63.7 Å². The molecule has 0 radical (unpaired) electrons. The van der Waals surface area contributed by atoms with E-state index in [1.165, 1.54) is 12.1 Å². The third-order valence-electron chi connectivity index (χ3n) is 2.24. The van der Waals surface area contributed by atoms with Gasteiger partial charge in [0.15, 0.2) is 0 Å². The van der Waals surface area contributed by atoms with E-state index < -0.39 is 17.9 Å². The second-order valence-corrected chi connectivity index (χ2v) is 3.19. The van der Waals surface area contributed by atoms with E-state index in [1.807, 2.05) is 13.8 Å². The summed E-state index contributed by atoms with van der Waals surface area (Å²) in [5.41, 5.74) is 0.473. The Bertz CT molecular complexity index is 447. The van der Waals surface area contributed by atoms with Crippen molar-refractivity contribution in [2.24, 2.45) is 0 Å². The normalized spacial score (nSPS) is 12.7. The highest BCUT2D eigenvalue weighted by molar-refractivity contribution is 6.27. The maximum Gasteiger partial charge on any atom is 0.424 e. The number of amides is 3. The molecule has 0 atom stereocenters. The lowest BCUT2D eigenvalue weighted by atomic mass is 10.1. The zero-order valence-electron chi connectivity index (χ0n) is 10.6. The van der Waals surface area contributed by atoms with Crippen molar-refractivity contribution in [1.29, 1.82) is 0 Å². The maximum absolute atomic E-state index is 11.7. The van der Waals surface area contributed by atoms with Crippen LogP contribution in [0.25, 0.3) is 0 Å². The van der Waals surface area contributed by atoms with Gasteiger partial charge in [-0.05, 0) is 19.1 Å². The van der Waals surface area contributed by atoms with Crippen LogP contribution in [0.3, 0.4) is 0 Å². The first-order chi connectivity index (χ1) is 8.66. The highest BCUT2D eigenvalue weighted by atomic mass is 16.6. The predicted octanol–water partition coefficient (Wildman–Crippen LogP) is 2.47. The van der Waals surface area contributed by atoms with Gasteiger partial charge in [0.25, 0.3) is 11.8 Å². The monoisotopic (exact) mass is 249 g/mol. The van der Waals surface area contributed by atoms with Crippen molar-refractivity contribution in [3.63, 3.8) is 0 Å². The quantitative estimate of drug-likeness (QED) is 0.717. The average molecular weight is 249 g/mol. The van der Waals surface area contributed by atoms with Crippen molar-refractivity contribution in [2.75, 3.05) is 6.61 Å². The first-order valence-corrected chi connectivity index (χ1v) is 5.81. The number of carbonyl (C=O) groups excluding carboxylic acids is 3. The molecule has 0 aromatic heterocycles. The summed E-state index contributed by atoms with van der Waals surface area (Å²) in [6.07, 6.45) is -0.922. The Kier molecular flexibility index (Phi) is 4.59. The van der Waals surface area contributed by atoms with Gasteiger partial charge in [0, 0.05) is 0 Å². The van der Waals surface area contributed by atoms with Crippen LogP contribution in [-0.2, 0) is 4.74 Å². The van der Waals surface area contributed by atoms with E-state index in [4.69, 9.17) is 0 Å². The number of imide groups is 3. The van der Waals surface area contributed by atoms with Gasteiger partial charge in [0.1, 0.15) is 0 Å². The van der Waals surface area contributed by atoms with Crippen molar-refractivity contribution in [2.45, 2.75) is 20.8 Å². The Morgan fingerprint density at radius 3 is 1.94 bits per heavy atom. The minimum absolute atomic E-state index is 0.117. The molecule has 2 rings (SSSR count). The summed E-state index contributed by atoms with van der Waals surface area (Å²) in [5.74, 6) is -1.25. The van der Waals surface area contributed by atoms with Crippen LogP contribution in [0.2, 0.25) is 0 Å². The largest absolute Gasteiger partial charge is 0.449 e. The molecule has 1 heterocycles. The molecule has 1 aliphatic heterocycles. The molecule has 0 saturated heterocycles. The molecule has 0 unspecified atom stereocenters. The molecule has 1 aromatic carbocycles. The number of rotatable bonds is 1. The van der Waals surface area contributed by atoms with Crippen LogP contribution in [-0.4, -0.2) is 29.4 Å². The van der Waals surface area contributed by atoms with Gasteiger partial charge in [-0.3, -0.25) is 9.59 Å². The minimum Gasteiger partial charge on any atom is -0.449 e. The van der Waals surface area contributed by atoms with E-state index in [1.54, 1.807) is 19.1 Å². The molecule has 0 aliphatic carbocycles. The molecule has 96 valence electrons. The molecule has 1 aromatic rings. The van der Waals surface area contributed by atoms with Crippen LogP contribution in [0.15, 0.2) is 24.3 Å². The zero-order chi connectivity index (χ0) is 13.7. The maximum atomic E-state index is 11.7. The Hall–Kier alpha value is -2.17. The van der Waals surface area contributed by atoms with Crippen molar-refractivity contribution in [1.82, 2.24) is 4.90 Å². The highest BCUT2D eigenvalue weighted by Crippen LogP contribution is 2.22. The summed E-state index contributed by atoms with van der Waals surface area (Å²) in [5, 5.41) is 0. The second kappa shape index (κ2) is 5.95. The van der Waals surface area contributed by atoms with Gasteiger partial charge in [-0.25, -0.2) is 4.79 Å². The zero-order valence-corrected chi connectivity index (χ0v) is 10.6. The first kappa shape index (κ1) is 13.9.